The van der Waals surface area contributed by atoms with E-state index in [1.807, 2.05) is 0 Å². The van der Waals surface area contributed by atoms with Gasteiger partial charge in [0.2, 0.25) is 5.91 Å². The molecule has 0 aromatic heterocycles. The molecule has 0 atom stereocenters. The molecule has 0 fully saturated rings. The number of benzene rings is 2. The van der Waals surface area contributed by atoms with Crippen LogP contribution in [-0.4, -0.2) is 26.2 Å². The van der Waals surface area contributed by atoms with Crippen molar-refractivity contribution in [2.24, 2.45) is 0 Å². The van der Waals surface area contributed by atoms with Gasteiger partial charge < -0.3 is 14.8 Å². The number of nitrogens with one attached hydrogen (secondary N) is 1. The van der Waals surface area contributed by atoms with Gasteiger partial charge in [0.1, 0.15) is 18.2 Å². The molecule has 0 aliphatic carbocycles. The van der Waals surface area contributed by atoms with Gasteiger partial charge in [0.25, 0.3) is 0 Å². The van der Waals surface area contributed by atoms with Crippen molar-refractivity contribution >= 4 is 29.3 Å². The van der Waals surface area contributed by atoms with E-state index in [1.54, 1.807) is 0 Å². The molecule has 0 radical (unpaired) electrons. The summed E-state index contributed by atoms with van der Waals surface area (Å²) >= 11 is 5.86. The molecule has 2 aromatic rings. The molecule has 150 valence electrons. The second kappa shape index (κ2) is 9.57. The highest BCUT2D eigenvalue weighted by Crippen LogP contribution is 2.35. The van der Waals surface area contributed by atoms with E-state index in [0.717, 1.165) is 36.4 Å². The average Bonchev–Trinajstić information content (AvgIpc) is 2.61. The average molecular weight is 418 g/mol. The van der Waals surface area contributed by atoms with Gasteiger partial charge in [-0.15, -0.1) is 0 Å². The minimum atomic E-state index is -4.60. The molecule has 0 aliphatic heterocycles. The van der Waals surface area contributed by atoms with Crippen LogP contribution in [0.15, 0.2) is 42.5 Å². The molecule has 0 unspecified atom stereocenters. The molecular weight excluding hydrogens is 402 g/mol. The maximum absolute atomic E-state index is 13.7. The summed E-state index contributed by atoms with van der Waals surface area (Å²) in [5, 5.41) is 2.39. The van der Waals surface area contributed by atoms with E-state index in [2.05, 4.69) is 5.32 Å². The van der Waals surface area contributed by atoms with Gasteiger partial charge in [-0.2, -0.15) is 13.2 Å². The Hall–Kier alpha value is -2.58. The monoisotopic (exact) mass is 417 g/mol. The zero-order valence-electron chi connectivity index (χ0n) is 14.6. The summed E-state index contributed by atoms with van der Waals surface area (Å²) in [7, 11) is 1.44. The van der Waals surface area contributed by atoms with Crippen molar-refractivity contribution in [2.75, 3.05) is 25.6 Å². The van der Waals surface area contributed by atoms with Crippen LogP contribution in [0.1, 0.15) is 11.1 Å². The molecule has 0 aliphatic rings. The number of carbonyl (C=O) groups excluding carboxylic acids is 1. The number of rotatable bonds is 7. The Morgan fingerprint density at radius 1 is 1.21 bits per heavy atom. The first-order chi connectivity index (χ1) is 13.2. The zero-order valence-corrected chi connectivity index (χ0v) is 15.4. The fourth-order valence-corrected chi connectivity index (χ4v) is 2.39. The zero-order chi connectivity index (χ0) is 20.7. The molecule has 0 heterocycles. The van der Waals surface area contributed by atoms with Gasteiger partial charge in [-0.25, -0.2) is 4.39 Å². The maximum atomic E-state index is 13.7. The Bertz CT molecular complexity index is 848. The summed E-state index contributed by atoms with van der Waals surface area (Å²) in [6.07, 6.45) is -2.50. The molecule has 0 spiro atoms. The maximum Gasteiger partial charge on any atom is 0.416 e. The Labute approximate surface area is 163 Å². The Balaban J connectivity index is 2.24. The van der Waals surface area contributed by atoms with Crippen molar-refractivity contribution in [1.82, 2.24) is 0 Å². The molecule has 0 saturated carbocycles. The van der Waals surface area contributed by atoms with E-state index in [4.69, 9.17) is 21.1 Å². The molecule has 28 heavy (non-hydrogen) atoms. The molecule has 1 N–H and O–H groups in total. The molecule has 4 nitrogen and oxygen atoms in total. The number of halogens is 5. The summed E-state index contributed by atoms with van der Waals surface area (Å²) in [5.41, 5.74) is -1.15. The SMILES string of the molecule is COCCOc1ccc(C(F)(F)F)cc1NC(=O)/C=C/c1c(F)cccc1Cl. The van der Waals surface area contributed by atoms with E-state index >= 15 is 0 Å². The van der Waals surface area contributed by atoms with Crippen molar-refractivity contribution in [1.29, 1.82) is 0 Å². The number of methoxy groups -OCH3 is 1. The second-order valence-electron chi connectivity index (χ2n) is 5.51. The van der Waals surface area contributed by atoms with E-state index < -0.39 is 23.5 Å². The lowest BCUT2D eigenvalue weighted by molar-refractivity contribution is -0.137. The van der Waals surface area contributed by atoms with Gasteiger partial charge in [-0.3, -0.25) is 4.79 Å². The second-order valence-corrected chi connectivity index (χ2v) is 5.92. The van der Waals surface area contributed by atoms with Gasteiger partial charge in [0.15, 0.2) is 0 Å². The number of amides is 1. The molecule has 2 rings (SSSR count). The van der Waals surface area contributed by atoms with Crippen LogP contribution in [0, 0.1) is 5.82 Å². The standard InChI is InChI=1S/C19H16ClF4NO3/c1-27-9-10-28-17-7-5-12(19(22,23)24)11-16(17)25-18(26)8-6-13-14(20)3-2-4-15(13)21/h2-8,11H,9-10H2,1H3,(H,25,26)/b8-6+. The Kier molecular flexibility index (Phi) is 7.42. The van der Waals surface area contributed by atoms with Crippen LogP contribution in [-0.2, 0) is 15.7 Å². The topological polar surface area (TPSA) is 47.6 Å². The summed E-state index contributed by atoms with van der Waals surface area (Å²) < 4.78 is 62.8. The highest BCUT2D eigenvalue weighted by molar-refractivity contribution is 6.32. The lowest BCUT2D eigenvalue weighted by atomic mass is 10.1. The number of alkyl halides is 3. The van der Waals surface area contributed by atoms with Gasteiger partial charge in [0.05, 0.1) is 22.9 Å². The number of hydrogen-bond donors (Lipinski definition) is 1. The summed E-state index contributed by atoms with van der Waals surface area (Å²) in [6.45, 7) is 0.283. The largest absolute Gasteiger partial charge is 0.489 e. The Morgan fingerprint density at radius 3 is 2.61 bits per heavy atom. The van der Waals surface area contributed by atoms with E-state index in [9.17, 15) is 22.4 Å². The quantitative estimate of drug-likeness (QED) is 0.384. The van der Waals surface area contributed by atoms with Crippen LogP contribution < -0.4 is 10.1 Å². The first-order valence-corrected chi connectivity index (χ1v) is 8.36. The van der Waals surface area contributed by atoms with E-state index in [-0.39, 0.29) is 35.2 Å². The number of anilines is 1. The van der Waals surface area contributed by atoms with Crippen molar-refractivity contribution < 1.29 is 31.8 Å². The smallest absolute Gasteiger partial charge is 0.416 e. The van der Waals surface area contributed by atoms with Crippen LogP contribution in [0.4, 0.5) is 23.2 Å². The van der Waals surface area contributed by atoms with Crippen molar-refractivity contribution in [3.8, 4) is 5.75 Å². The van der Waals surface area contributed by atoms with Crippen molar-refractivity contribution in [3.05, 3.63) is 64.4 Å². The van der Waals surface area contributed by atoms with Crippen LogP contribution >= 0.6 is 11.6 Å². The van der Waals surface area contributed by atoms with Gasteiger partial charge in [0, 0.05) is 18.7 Å². The molecule has 9 heteroatoms. The summed E-state index contributed by atoms with van der Waals surface area (Å²) in [5.74, 6) is -1.38. The minimum Gasteiger partial charge on any atom is -0.489 e. The molecular formula is C19H16ClF4NO3. The fraction of sp³-hybridized carbons (Fsp3) is 0.211. The molecule has 0 saturated heterocycles. The highest BCUT2D eigenvalue weighted by atomic mass is 35.5. The van der Waals surface area contributed by atoms with E-state index in [0.29, 0.717) is 0 Å². The number of hydrogen-bond acceptors (Lipinski definition) is 3. The third-order valence-electron chi connectivity index (χ3n) is 3.51. The highest BCUT2D eigenvalue weighted by Gasteiger charge is 2.31. The third-order valence-corrected chi connectivity index (χ3v) is 3.84. The lowest BCUT2D eigenvalue weighted by Crippen LogP contribution is -2.13. The van der Waals surface area contributed by atoms with Crippen LogP contribution in [0.3, 0.4) is 0 Å². The predicted molar refractivity (Wildman–Crippen MR) is 97.9 cm³/mol. The molecule has 1 amide bonds. The predicted octanol–water partition coefficient (Wildman–Crippen LogP) is 5.18. The molecule has 0 bridgehead atoms. The summed E-state index contributed by atoms with van der Waals surface area (Å²) in [4.78, 5) is 12.1. The van der Waals surface area contributed by atoms with E-state index in [1.165, 1.54) is 19.2 Å². The molecule has 2 aromatic carbocycles. The van der Waals surface area contributed by atoms with Crippen molar-refractivity contribution in [3.63, 3.8) is 0 Å². The number of ether oxygens (including phenoxy) is 2. The van der Waals surface area contributed by atoms with Crippen LogP contribution in [0.2, 0.25) is 5.02 Å². The van der Waals surface area contributed by atoms with Crippen LogP contribution in [0.5, 0.6) is 5.75 Å². The van der Waals surface area contributed by atoms with Crippen LogP contribution in [0.25, 0.3) is 6.08 Å². The minimum absolute atomic E-state index is 0.0140. The third kappa shape index (κ3) is 5.97. The van der Waals surface area contributed by atoms with Gasteiger partial charge >= 0.3 is 6.18 Å². The summed E-state index contributed by atoms with van der Waals surface area (Å²) in [6, 6.07) is 6.71. The normalized spacial score (nSPS) is 11.6. The first kappa shape index (κ1) is 21.7. The number of carbonyl (C=O) groups is 1. The Morgan fingerprint density at radius 2 is 1.96 bits per heavy atom. The first-order valence-electron chi connectivity index (χ1n) is 7.98. The fourth-order valence-electron chi connectivity index (χ4n) is 2.17. The van der Waals surface area contributed by atoms with Gasteiger partial charge in [-0.1, -0.05) is 17.7 Å². The van der Waals surface area contributed by atoms with Crippen molar-refractivity contribution in [2.45, 2.75) is 6.18 Å². The lowest BCUT2D eigenvalue weighted by Gasteiger charge is -2.14. The van der Waals surface area contributed by atoms with Gasteiger partial charge in [-0.05, 0) is 36.4 Å².